The largest absolute Gasteiger partial charge is 0.292 e. The zero-order chi connectivity index (χ0) is 16.8. The molecule has 0 fully saturated rings. The van der Waals surface area contributed by atoms with Gasteiger partial charge in [0.2, 0.25) is 10.0 Å². The van der Waals surface area contributed by atoms with E-state index in [2.05, 4.69) is 10.2 Å². The van der Waals surface area contributed by atoms with Gasteiger partial charge in [-0.05, 0) is 26.8 Å². The summed E-state index contributed by atoms with van der Waals surface area (Å²) in [5, 5.41) is 8.25. The number of hydrogen-bond donors (Lipinski definition) is 0. The van der Waals surface area contributed by atoms with Crippen LogP contribution in [0.1, 0.15) is 27.6 Å². The molecule has 120 valence electrons. The second-order valence-electron chi connectivity index (χ2n) is 5.27. The maximum absolute atomic E-state index is 12.7. The van der Waals surface area contributed by atoms with Crippen molar-refractivity contribution in [2.75, 3.05) is 10.6 Å². The average molecular weight is 325 g/mol. The van der Waals surface area contributed by atoms with Gasteiger partial charge in [-0.15, -0.1) is 0 Å². The molecule has 2 aromatic rings. The Balaban J connectivity index is 2.64. The number of carbonyl (C=O) groups is 1. The minimum absolute atomic E-state index is 0.0769. The molecule has 0 aromatic carbocycles. The Morgan fingerprint density at radius 2 is 1.73 bits per heavy atom. The number of aromatic nitrogens is 4. The normalized spacial score (nSPS) is 11.7. The molecule has 0 aliphatic carbocycles. The van der Waals surface area contributed by atoms with Gasteiger partial charge in [0.15, 0.2) is 5.69 Å². The van der Waals surface area contributed by atoms with Crippen molar-refractivity contribution in [2.45, 2.75) is 20.8 Å². The van der Waals surface area contributed by atoms with E-state index < -0.39 is 15.9 Å². The topological polar surface area (TPSA) is 90.1 Å². The molecule has 2 aromatic heterocycles. The summed E-state index contributed by atoms with van der Waals surface area (Å²) in [5.74, 6) is -0.689. The van der Waals surface area contributed by atoms with E-state index in [-0.39, 0.29) is 11.4 Å². The predicted molar refractivity (Wildman–Crippen MR) is 82.3 cm³/mol. The fourth-order valence-corrected chi connectivity index (χ4v) is 3.23. The van der Waals surface area contributed by atoms with Crippen LogP contribution in [0.25, 0.3) is 0 Å². The molecule has 0 aliphatic heterocycles. The second kappa shape index (κ2) is 5.24. The van der Waals surface area contributed by atoms with Crippen molar-refractivity contribution in [3.05, 3.63) is 28.8 Å². The first-order valence-electron chi connectivity index (χ1n) is 6.59. The van der Waals surface area contributed by atoms with Crippen molar-refractivity contribution in [1.29, 1.82) is 0 Å². The van der Waals surface area contributed by atoms with Crippen LogP contribution in [0.2, 0.25) is 0 Å². The van der Waals surface area contributed by atoms with Crippen molar-refractivity contribution in [1.82, 2.24) is 19.6 Å². The molecular formula is C13H19N5O3S. The Kier molecular flexibility index (Phi) is 3.86. The summed E-state index contributed by atoms with van der Waals surface area (Å²) in [7, 11) is -0.431. The lowest BCUT2D eigenvalue weighted by molar-refractivity contribution is 0.1000. The van der Waals surface area contributed by atoms with Gasteiger partial charge in [-0.25, -0.2) is 8.42 Å². The first-order valence-corrected chi connectivity index (χ1v) is 8.44. The van der Waals surface area contributed by atoms with Gasteiger partial charge in [-0.1, -0.05) is 0 Å². The standard InChI is InChI=1S/C13H19N5O3S/c1-8-7-11(15-16(8)4)13(19)18(22(6,20)21)12-9(2)14-17(5)10(12)3/h7H,1-6H3. The lowest BCUT2D eigenvalue weighted by Gasteiger charge is -2.19. The van der Waals surface area contributed by atoms with Crippen molar-refractivity contribution in [3.63, 3.8) is 0 Å². The smallest absolute Gasteiger partial charge is 0.272 e. The first-order chi connectivity index (χ1) is 10.0. The van der Waals surface area contributed by atoms with E-state index in [1.807, 2.05) is 0 Å². The molecule has 0 bridgehead atoms. The Labute approximate surface area is 129 Å². The number of carbonyl (C=O) groups excluding carboxylic acids is 1. The Morgan fingerprint density at radius 1 is 1.14 bits per heavy atom. The van der Waals surface area contributed by atoms with E-state index >= 15 is 0 Å². The zero-order valence-electron chi connectivity index (χ0n) is 13.4. The van der Waals surface area contributed by atoms with E-state index in [9.17, 15) is 13.2 Å². The zero-order valence-corrected chi connectivity index (χ0v) is 14.3. The van der Waals surface area contributed by atoms with Gasteiger partial charge in [0.05, 0.1) is 17.6 Å². The van der Waals surface area contributed by atoms with Crippen LogP contribution in [-0.4, -0.2) is 40.1 Å². The fourth-order valence-electron chi connectivity index (χ4n) is 2.24. The van der Waals surface area contributed by atoms with Gasteiger partial charge >= 0.3 is 0 Å². The Bertz CT molecular complexity index is 828. The lowest BCUT2D eigenvalue weighted by Crippen LogP contribution is -2.37. The molecule has 1 amide bonds. The second-order valence-corrected chi connectivity index (χ2v) is 7.10. The van der Waals surface area contributed by atoms with E-state index in [4.69, 9.17) is 0 Å². The Hall–Kier alpha value is -2.16. The lowest BCUT2D eigenvalue weighted by atomic mass is 10.3. The van der Waals surface area contributed by atoms with Crippen LogP contribution >= 0.6 is 0 Å². The van der Waals surface area contributed by atoms with E-state index in [0.717, 1.165) is 16.3 Å². The molecule has 0 atom stereocenters. The predicted octanol–water partition coefficient (Wildman–Crippen LogP) is 0.685. The molecule has 0 saturated carbocycles. The van der Waals surface area contributed by atoms with E-state index in [1.165, 1.54) is 4.68 Å². The van der Waals surface area contributed by atoms with Crippen LogP contribution in [0.3, 0.4) is 0 Å². The number of sulfonamides is 1. The molecule has 0 spiro atoms. The molecule has 22 heavy (non-hydrogen) atoms. The molecule has 0 aliphatic rings. The Morgan fingerprint density at radius 3 is 2.09 bits per heavy atom. The maximum Gasteiger partial charge on any atom is 0.292 e. The van der Waals surface area contributed by atoms with Crippen LogP contribution < -0.4 is 4.31 Å². The highest BCUT2D eigenvalue weighted by molar-refractivity contribution is 7.92. The molecule has 9 heteroatoms. The highest BCUT2D eigenvalue weighted by Gasteiger charge is 2.32. The first kappa shape index (κ1) is 16.2. The number of rotatable bonds is 3. The number of hydrogen-bond acceptors (Lipinski definition) is 5. The quantitative estimate of drug-likeness (QED) is 0.828. The molecular weight excluding hydrogens is 306 g/mol. The van der Waals surface area contributed by atoms with Crippen LogP contribution in [-0.2, 0) is 24.1 Å². The van der Waals surface area contributed by atoms with Gasteiger partial charge in [-0.2, -0.15) is 14.5 Å². The summed E-state index contributed by atoms with van der Waals surface area (Å²) in [4.78, 5) is 12.7. The van der Waals surface area contributed by atoms with Gasteiger partial charge in [0, 0.05) is 19.8 Å². The van der Waals surface area contributed by atoms with E-state index in [0.29, 0.717) is 11.4 Å². The van der Waals surface area contributed by atoms with Crippen molar-refractivity contribution in [3.8, 4) is 0 Å². The molecule has 0 unspecified atom stereocenters. The van der Waals surface area contributed by atoms with Gasteiger partial charge in [0.25, 0.3) is 5.91 Å². The molecule has 0 saturated heterocycles. The third-order valence-corrected chi connectivity index (χ3v) is 4.53. The summed E-state index contributed by atoms with van der Waals surface area (Å²) < 4.78 is 28.2. The number of amides is 1. The summed E-state index contributed by atoms with van der Waals surface area (Å²) in [5.41, 5.74) is 2.16. The summed E-state index contributed by atoms with van der Waals surface area (Å²) in [6, 6.07) is 1.56. The monoisotopic (exact) mass is 325 g/mol. The minimum Gasteiger partial charge on any atom is -0.272 e. The van der Waals surface area contributed by atoms with Crippen molar-refractivity contribution in [2.24, 2.45) is 14.1 Å². The molecule has 2 heterocycles. The van der Waals surface area contributed by atoms with Crippen molar-refractivity contribution < 1.29 is 13.2 Å². The van der Waals surface area contributed by atoms with Gasteiger partial charge in [-0.3, -0.25) is 14.2 Å². The van der Waals surface area contributed by atoms with Crippen molar-refractivity contribution >= 4 is 21.6 Å². The molecule has 0 radical (unpaired) electrons. The molecule has 2 rings (SSSR count). The summed E-state index contributed by atoms with van der Waals surface area (Å²) in [6.07, 6.45) is 0.993. The van der Waals surface area contributed by atoms with Gasteiger partial charge < -0.3 is 0 Å². The van der Waals surface area contributed by atoms with Crippen LogP contribution in [0, 0.1) is 20.8 Å². The summed E-state index contributed by atoms with van der Waals surface area (Å²) in [6.45, 7) is 5.16. The third kappa shape index (κ3) is 2.63. The number of anilines is 1. The molecule has 8 nitrogen and oxygen atoms in total. The minimum atomic E-state index is -3.82. The SMILES string of the molecule is Cc1nn(C)c(C)c1N(C(=O)c1cc(C)n(C)n1)S(C)(=O)=O. The van der Waals surface area contributed by atoms with Crippen LogP contribution in [0.5, 0.6) is 0 Å². The average Bonchev–Trinajstić information content (AvgIpc) is 2.83. The number of aryl methyl sites for hydroxylation is 4. The fraction of sp³-hybridized carbons (Fsp3) is 0.462. The summed E-state index contributed by atoms with van der Waals surface area (Å²) >= 11 is 0. The molecule has 0 N–H and O–H groups in total. The van der Waals surface area contributed by atoms with Gasteiger partial charge in [0.1, 0.15) is 5.69 Å². The third-order valence-electron chi connectivity index (χ3n) is 3.52. The van der Waals surface area contributed by atoms with Crippen LogP contribution in [0.4, 0.5) is 5.69 Å². The van der Waals surface area contributed by atoms with Crippen LogP contribution in [0.15, 0.2) is 6.07 Å². The maximum atomic E-state index is 12.7. The highest BCUT2D eigenvalue weighted by Crippen LogP contribution is 2.27. The highest BCUT2D eigenvalue weighted by atomic mass is 32.2. The number of nitrogens with zero attached hydrogens (tertiary/aromatic N) is 5. The van der Waals surface area contributed by atoms with E-state index in [1.54, 1.807) is 45.6 Å².